The maximum atomic E-state index is 8.53. The first kappa shape index (κ1) is 13.2. The number of benzene rings is 3. The Morgan fingerprint density at radius 3 is 1.91 bits per heavy atom. The fraction of sp³-hybridized carbons (Fsp3) is 0. The molecule has 0 unspecified atom stereocenters. The standard InChI is InChI=1S/C18H12N4O/c19-21-20-13-9-11-14(12-10-13)22-15-5-1-3-7-17(15)23-18-8-4-2-6-16(18)22/h1-12H. The molecule has 0 atom stereocenters. The molecule has 23 heavy (non-hydrogen) atoms. The molecule has 1 heterocycles. The zero-order valence-electron chi connectivity index (χ0n) is 12.1. The highest BCUT2D eigenvalue weighted by Crippen LogP contribution is 2.49. The van der Waals surface area contributed by atoms with Gasteiger partial charge in [-0.25, -0.2) is 0 Å². The SMILES string of the molecule is [N-]=[N+]=Nc1ccc(N2c3ccccc3Oc3ccccc32)cc1. The van der Waals surface area contributed by atoms with Crippen LogP contribution >= 0.6 is 0 Å². The third kappa shape index (κ3) is 2.25. The Kier molecular flexibility index (Phi) is 3.11. The Labute approximate surface area is 133 Å². The van der Waals surface area contributed by atoms with Crippen LogP contribution in [0.15, 0.2) is 77.9 Å². The van der Waals surface area contributed by atoms with E-state index in [9.17, 15) is 0 Å². The molecule has 3 aromatic rings. The summed E-state index contributed by atoms with van der Waals surface area (Å²) in [6, 6.07) is 23.3. The number of nitrogens with zero attached hydrogens (tertiary/aromatic N) is 4. The molecule has 1 aliphatic heterocycles. The summed E-state index contributed by atoms with van der Waals surface area (Å²) in [6.45, 7) is 0. The van der Waals surface area contributed by atoms with E-state index in [-0.39, 0.29) is 0 Å². The summed E-state index contributed by atoms with van der Waals surface area (Å²) in [5.41, 5.74) is 12.0. The minimum Gasteiger partial charge on any atom is -0.453 e. The fourth-order valence-electron chi connectivity index (χ4n) is 2.70. The topological polar surface area (TPSA) is 61.2 Å². The highest BCUT2D eigenvalue weighted by molar-refractivity contribution is 5.86. The summed E-state index contributed by atoms with van der Waals surface area (Å²) >= 11 is 0. The quantitative estimate of drug-likeness (QED) is 0.251. The van der Waals surface area contributed by atoms with Crippen LogP contribution in [0.2, 0.25) is 0 Å². The van der Waals surface area contributed by atoms with Gasteiger partial charge in [0.25, 0.3) is 0 Å². The summed E-state index contributed by atoms with van der Waals surface area (Å²) in [5, 5.41) is 3.62. The van der Waals surface area contributed by atoms with Gasteiger partial charge in [-0.2, -0.15) is 0 Å². The van der Waals surface area contributed by atoms with Crippen molar-refractivity contribution >= 4 is 22.7 Å². The lowest BCUT2D eigenvalue weighted by molar-refractivity contribution is 0.477. The van der Waals surface area contributed by atoms with E-state index in [1.54, 1.807) is 12.1 Å². The van der Waals surface area contributed by atoms with Crippen molar-refractivity contribution in [1.29, 1.82) is 0 Å². The van der Waals surface area contributed by atoms with Gasteiger partial charge in [0.15, 0.2) is 11.5 Å². The number of anilines is 3. The predicted molar refractivity (Wildman–Crippen MR) is 90.0 cm³/mol. The Morgan fingerprint density at radius 1 is 0.783 bits per heavy atom. The molecule has 0 aliphatic carbocycles. The summed E-state index contributed by atoms with van der Waals surface area (Å²) in [5.74, 6) is 1.62. The van der Waals surface area contributed by atoms with Gasteiger partial charge in [0.1, 0.15) is 0 Å². The number of hydrogen-bond donors (Lipinski definition) is 0. The Hall–Kier alpha value is -3.43. The fourth-order valence-corrected chi connectivity index (χ4v) is 2.70. The highest BCUT2D eigenvalue weighted by atomic mass is 16.5. The van der Waals surface area contributed by atoms with Crippen LogP contribution in [0.5, 0.6) is 11.5 Å². The maximum absolute atomic E-state index is 8.53. The summed E-state index contributed by atoms with van der Waals surface area (Å²) in [6.07, 6.45) is 0. The van der Waals surface area contributed by atoms with Crippen LogP contribution < -0.4 is 9.64 Å². The molecule has 0 aromatic heterocycles. The van der Waals surface area contributed by atoms with Gasteiger partial charge in [0.2, 0.25) is 0 Å². The molecule has 0 fully saturated rings. The third-order valence-electron chi connectivity index (χ3n) is 3.70. The molecule has 5 heteroatoms. The van der Waals surface area contributed by atoms with E-state index < -0.39 is 0 Å². The first-order valence-electron chi connectivity index (χ1n) is 7.18. The van der Waals surface area contributed by atoms with E-state index in [0.29, 0.717) is 5.69 Å². The molecule has 0 spiro atoms. The molecule has 0 saturated carbocycles. The smallest absolute Gasteiger partial charge is 0.151 e. The van der Waals surface area contributed by atoms with Crippen molar-refractivity contribution in [2.24, 2.45) is 5.11 Å². The minimum atomic E-state index is 0.589. The average molecular weight is 300 g/mol. The van der Waals surface area contributed by atoms with E-state index >= 15 is 0 Å². The second-order valence-electron chi connectivity index (χ2n) is 5.08. The molecule has 0 amide bonds. The predicted octanol–water partition coefficient (Wildman–Crippen LogP) is 6.20. The lowest BCUT2D eigenvalue weighted by Gasteiger charge is -2.32. The van der Waals surface area contributed by atoms with Crippen LogP contribution in [0.4, 0.5) is 22.7 Å². The van der Waals surface area contributed by atoms with Gasteiger partial charge in [0.05, 0.1) is 11.4 Å². The van der Waals surface area contributed by atoms with Crippen LogP contribution in [0.1, 0.15) is 0 Å². The van der Waals surface area contributed by atoms with Crippen molar-refractivity contribution in [2.75, 3.05) is 4.90 Å². The van der Waals surface area contributed by atoms with Gasteiger partial charge in [-0.05, 0) is 41.9 Å². The van der Waals surface area contributed by atoms with Crippen molar-refractivity contribution in [1.82, 2.24) is 0 Å². The van der Waals surface area contributed by atoms with Crippen LogP contribution in [0.3, 0.4) is 0 Å². The van der Waals surface area contributed by atoms with E-state index in [1.165, 1.54) is 0 Å². The summed E-state index contributed by atoms with van der Waals surface area (Å²) in [4.78, 5) is 4.94. The molecule has 0 bridgehead atoms. The van der Waals surface area contributed by atoms with Crippen molar-refractivity contribution in [3.63, 3.8) is 0 Å². The number of azide groups is 1. The molecule has 4 rings (SSSR count). The van der Waals surface area contributed by atoms with Crippen LogP contribution in [0, 0.1) is 0 Å². The molecule has 0 N–H and O–H groups in total. The summed E-state index contributed by atoms with van der Waals surface area (Å²) < 4.78 is 5.98. The zero-order valence-corrected chi connectivity index (χ0v) is 12.1. The monoisotopic (exact) mass is 300 g/mol. The summed E-state index contributed by atoms with van der Waals surface area (Å²) in [7, 11) is 0. The molecule has 0 radical (unpaired) electrons. The average Bonchev–Trinajstić information content (AvgIpc) is 2.61. The van der Waals surface area contributed by atoms with Crippen LogP contribution in [-0.2, 0) is 0 Å². The first-order valence-corrected chi connectivity index (χ1v) is 7.18. The first-order chi connectivity index (χ1) is 11.4. The van der Waals surface area contributed by atoms with Crippen molar-refractivity contribution in [2.45, 2.75) is 0 Å². The van der Waals surface area contributed by atoms with E-state index in [2.05, 4.69) is 14.9 Å². The van der Waals surface area contributed by atoms with E-state index in [0.717, 1.165) is 28.6 Å². The van der Waals surface area contributed by atoms with E-state index in [4.69, 9.17) is 10.3 Å². The second-order valence-corrected chi connectivity index (χ2v) is 5.08. The molecule has 3 aromatic carbocycles. The lowest BCUT2D eigenvalue weighted by atomic mass is 10.1. The van der Waals surface area contributed by atoms with Gasteiger partial charge in [-0.15, -0.1) is 0 Å². The van der Waals surface area contributed by atoms with Gasteiger partial charge < -0.3 is 9.64 Å². The zero-order chi connectivity index (χ0) is 15.6. The third-order valence-corrected chi connectivity index (χ3v) is 3.70. The van der Waals surface area contributed by atoms with Crippen LogP contribution in [-0.4, -0.2) is 0 Å². The Morgan fingerprint density at radius 2 is 1.35 bits per heavy atom. The van der Waals surface area contributed by atoms with Crippen molar-refractivity contribution < 1.29 is 4.74 Å². The molecular formula is C18H12N4O. The Bertz CT molecular complexity index is 869. The molecule has 0 saturated heterocycles. The molecular weight excluding hydrogens is 288 g/mol. The molecule has 1 aliphatic rings. The number of ether oxygens (including phenoxy) is 1. The number of rotatable bonds is 2. The van der Waals surface area contributed by atoms with Crippen LogP contribution in [0.25, 0.3) is 10.4 Å². The molecule has 110 valence electrons. The van der Waals surface area contributed by atoms with Gasteiger partial charge >= 0.3 is 0 Å². The van der Waals surface area contributed by atoms with Gasteiger partial charge in [-0.1, -0.05) is 41.5 Å². The largest absolute Gasteiger partial charge is 0.453 e. The second kappa shape index (κ2) is 5.40. The highest BCUT2D eigenvalue weighted by Gasteiger charge is 2.24. The van der Waals surface area contributed by atoms with Gasteiger partial charge in [0, 0.05) is 16.3 Å². The van der Waals surface area contributed by atoms with Crippen molar-refractivity contribution in [3.8, 4) is 11.5 Å². The minimum absolute atomic E-state index is 0.589. The number of para-hydroxylation sites is 4. The van der Waals surface area contributed by atoms with E-state index in [1.807, 2.05) is 60.7 Å². The van der Waals surface area contributed by atoms with Gasteiger partial charge in [-0.3, -0.25) is 0 Å². The number of fused-ring (bicyclic) bond motifs is 2. The lowest BCUT2D eigenvalue weighted by Crippen LogP contribution is -2.15. The maximum Gasteiger partial charge on any atom is 0.151 e. The number of hydrogen-bond acceptors (Lipinski definition) is 3. The Balaban J connectivity index is 1.88. The van der Waals surface area contributed by atoms with Crippen molar-refractivity contribution in [3.05, 3.63) is 83.2 Å². The normalized spacial score (nSPS) is 11.7. The molecule has 5 nitrogen and oxygen atoms in total.